The molecule has 0 radical (unpaired) electrons. The molecular formula is C11H8I2O4. The molecule has 0 spiro atoms. The van der Waals surface area contributed by atoms with Crippen molar-refractivity contribution < 1.29 is 19.1 Å². The van der Waals surface area contributed by atoms with E-state index in [1.807, 2.05) is 6.07 Å². The van der Waals surface area contributed by atoms with Crippen LogP contribution in [0.5, 0.6) is 5.75 Å². The minimum atomic E-state index is -1.05. The van der Waals surface area contributed by atoms with Gasteiger partial charge in [0.1, 0.15) is 5.75 Å². The molecule has 0 unspecified atom stereocenters. The fraction of sp³-hybridized carbons (Fsp3) is 0.182. The quantitative estimate of drug-likeness (QED) is 0.699. The SMILES string of the molecule is COc1c(I)cc2c(C)c(C(=O)O)oc2c1I. The van der Waals surface area contributed by atoms with E-state index in [1.165, 1.54) is 0 Å². The van der Waals surface area contributed by atoms with E-state index < -0.39 is 5.97 Å². The molecule has 2 rings (SSSR count). The number of halogens is 2. The highest BCUT2D eigenvalue weighted by molar-refractivity contribution is 14.1. The van der Waals surface area contributed by atoms with E-state index in [1.54, 1.807) is 14.0 Å². The zero-order valence-electron chi connectivity index (χ0n) is 9.01. The van der Waals surface area contributed by atoms with E-state index in [9.17, 15) is 4.79 Å². The van der Waals surface area contributed by atoms with Crippen LogP contribution in [-0.4, -0.2) is 18.2 Å². The molecular weight excluding hydrogens is 450 g/mol. The average molecular weight is 458 g/mol. The van der Waals surface area contributed by atoms with Crippen molar-refractivity contribution in [3.63, 3.8) is 0 Å². The minimum absolute atomic E-state index is 0.0121. The Morgan fingerprint density at radius 3 is 2.65 bits per heavy atom. The summed E-state index contributed by atoms with van der Waals surface area (Å²) in [4.78, 5) is 11.0. The molecule has 0 aliphatic rings. The smallest absolute Gasteiger partial charge is 0.372 e. The lowest BCUT2D eigenvalue weighted by atomic mass is 10.1. The number of carbonyl (C=O) groups is 1. The highest BCUT2D eigenvalue weighted by atomic mass is 127. The van der Waals surface area contributed by atoms with E-state index in [0.717, 1.165) is 12.5 Å². The van der Waals surface area contributed by atoms with Crippen molar-refractivity contribution in [2.75, 3.05) is 7.11 Å². The van der Waals surface area contributed by atoms with Crippen LogP contribution in [-0.2, 0) is 0 Å². The number of rotatable bonds is 2. The van der Waals surface area contributed by atoms with Gasteiger partial charge in [-0.15, -0.1) is 0 Å². The predicted octanol–water partition coefficient (Wildman–Crippen LogP) is 3.66. The van der Waals surface area contributed by atoms with Gasteiger partial charge in [0.05, 0.1) is 14.3 Å². The van der Waals surface area contributed by atoms with Crippen LogP contribution in [0.25, 0.3) is 11.0 Å². The summed E-state index contributed by atoms with van der Waals surface area (Å²) in [6, 6.07) is 1.88. The molecule has 1 aromatic carbocycles. The lowest BCUT2D eigenvalue weighted by molar-refractivity contribution is 0.0664. The summed E-state index contributed by atoms with van der Waals surface area (Å²) >= 11 is 4.26. The van der Waals surface area contributed by atoms with Crippen molar-refractivity contribution >= 4 is 62.1 Å². The summed E-state index contributed by atoms with van der Waals surface area (Å²) in [6.07, 6.45) is 0. The highest BCUT2D eigenvalue weighted by Gasteiger charge is 2.21. The van der Waals surface area contributed by atoms with Gasteiger partial charge in [-0.05, 0) is 58.2 Å². The number of aryl methyl sites for hydroxylation is 1. The Morgan fingerprint density at radius 2 is 2.12 bits per heavy atom. The van der Waals surface area contributed by atoms with Gasteiger partial charge >= 0.3 is 5.97 Å². The molecule has 0 bridgehead atoms. The number of carboxylic acids is 1. The second kappa shape index (κ2) is 4.63. The molecule has 0 saturated carbocycles. The Morgan fingerprint density at radius 1 is 1.47 bits per heavy atom. The zero-order valence-corrected chi connectivity index (χ0v) is 13.3. The standard InChI is InChI=1S/C11H8I2O4/c1-4-5-3-6(12)10(16-2)7(13)9(5)17-8(4)11(14)15/h3H,1-2H3,(H,14,15). The second-order valence-electron chi connectivity index (χ2n) is 3.44. The fourth-order valence-corrected chi connectivity index (χ4v) is 3.88. The van der Waals surface area contributed by atoms with Crippen LogP contribution in [0.15, 0.2) is 10.5 Å². The monoisotopic (exact) mass is 458 g/mol. The number of furan rings is 1. The summed E-state index contributed by atoms with van der Waals surface area (Å²) in [6.45, 7) is 1.74. The molecule has 6 heteroatoms. The summed E-state index contributed by atoms with van der Waals surface area (Å²) < 4.78 is 12.4. The van der Waals surface area contributed by atoms with Gasteiger partial charge in [0.15, 0.2) is 5.58 Å². The van der Waals surface area contributed by atoms with Crippen LogP contribution < -0.4 is 4.74 Å². The average Bonchev–Trinajstić information content (AvgIpc) is 2.58. The Balaban J connectivity index is 2.88. The Labute approximate surface area is 125 Å². The van der Waals surface area contributed by atoms with E-state index in [4.69, 9.17) is 14.3 Å². The Kier molecular flexibility index (Phi) is 3.53. The molecule has 1 heterocycles. The fourth-order valence-electron chi connectivity index (χ4n) is 1.65. The number of benzene rings is 1. The first kappa shape index (κ1) is 12.9. The number of carboxylic acid groups (broad SMARTS) is 1. The Hall–Kier alpha value is -0.510. The summed E-state index contributed by atoms with van der Waals surface area (Å²) in [7, 11) is 1.58. The highest BCUT2D eigenvalue weighted by Crippen LogP contribution is 2.37. The summed E-state index contributed by atoms with van der Waals surface area (Å²) in [5.41, 5.74) is 1.21. The van der Waals surface area contributed by atoms with Crippen LogP contribution in [0.2, 0.25) is 0 Å². The van der Waals surface area contributed by atoms with Crippen molar-refractivity contribution in [1.82, 2.24) is 0 Å². The van der Waals surface area contributed by atoms with Gasteiger partial charge in [-0.1, -0.05) is 0 Å². The second-order valence-corrected chi connectivity index (χ2v) is 5.68. The van der Waals surface area contributed by atoms with E-state index in [2.05, 4.69) is 45.2 Å². The van der Waals surface area contributed by atoms with Gasteiger partial charge in [-0.25, -0.2) is 4.79 Å². The van der Waals surface area contributed by atoms with Gasteiger partial charge in [0, 0.05) is 10.9 Å². The normalized spacial score (nSPS) is 10.8. The molecule has 1 N–H and O–H groups in total. The van der Waals surface area contributed by atoms with Gasteiger partial charge in [-0.2, -0.15) is 0 Å². The van der Waals surface area contributed by atoms with Crippen LogP contribution in [0.4, 0.5) is 0 Å². The van der Waals surface area contributed by atoms with Crippen LogP contribution in [0.3, 0.4) is 0 Å². The van der Waals surface area contributed by atoms with Crippen molar-refractivity contribution in [2.24, 2.45) is 0 Å². The maximum Gasteiger partial charge on any atom is 0.372 e. The number of aromatic carboxylic acids is 1. The zero-order chi connectivity index (χ0) is 12.7. The third-order valence-corrected chi connectivity index (χ3v) is 4.26. The number of methoxy groups -OCH3 is 1. The molecule has 0 amide bonds. The molecule has 0 atom stereocenters. The maximum absolute atomic E-state index is 11.0. The van der Waals surface area contributed by atoms with Crippen LogP contribution in [0.1, 0.15) is 16.1 Å². The topological polar surface area (TPSA) is 59.7 Å². The molecule has 1 aromatic heterocycles. The van der Waals surface area contributed by atoms with Crippen molar-refractivity contribution in [3.8, 4) is 5.75 Å². The molecule has 0 fully saturated rings. The maximum atomic E-state index is 11.0. The third-order valence-electron chi connectivity index (χ3n) is 2.48. The molecule has 0 saturated heterocycles. The van der Waals surface area contributed by atoms with Crippen molar-refractivity contribution in [3.05, 3.63) is 24.5 Å². The molecule has 0 aliphatic heterocycles. The van der Waals surface area contributed by atoms with Crippen LogP contribution >= 0.6 is 45.2 Å². The van der Waals surface area contributed by atoms with Crippen LogP contribution in [0, 0.1) is 14.1 Å². The first-order chi connectivity index (χ1) is 7.97. The predicted molar refractivity (Wildman–Crippen MR) is 79.9 cm³/mol. The molecule has 90 valence electrons. The number of fused-ring (bicyclic) bond motifs is 1. The minimum Gasteiger partial charge on any atom is -0.494 e. The Bertz CT molecular complexity index is 616. The van der Waals surface area contributed by atoms with Crippen molar-refractivity contribution in [2.45, 2.75) is 6.92 Å². The largest absolute Gasteiger partial charge is 0.494 e. The van der Waals surface area contributed by atoms with Gasteiger partial charge in [-0.3, -0.25) is 0 Å². The molecule has 0 aliphatic carbocycles. The van der Waals surface area contributed by atoms with Gasteiger partial charge < -0.3 is 14.3 Å². The summed E-state index contributed by atoms with van der Waals surface area (Å²) in [5, 5.41) is 9.84. The van der Waals surface area contributed by atoms with Gasteiger partial charge in [0.2, 0.25) is 5.76 Å². The van der Waals surface area contributed by atoms with E-state index in [0.29, 0.717) is 16.9 Å². The first-order valence-corrected chi connectivity index (χ1v) is 6.81. The first-order valence-electron chi connectivity index (χ1n) is 4.65. The number of ether oxygens (including phenoxy) is 1. The molecule has 17 heavy (non-hydrogen) atoms. The van der Waals surface area contributed by atoms with E-state index >= 15 is 0 Å². The lowest BCUT2D eigenvalue weighted by Crippen LogP contribution is -1.95. The van der Waals surface area contributed by atoms with E-state index in [-0.39, 0.29) is 5.76 Å². The van der Waals surface area contributed by atoms with Crippen molar-refractivity contribution in [1.29, 1.82) is 0 Å². The lowest BCUT2D eigenvalue weighted by Gasteiger charge is -2.06. The molecule has 2 aromatic rings. The molecule has 4 nitrogen and oxygen atoms in total. The van der Waals surface area contributed by atoms with Gasteiger partial charge in [0.25, 0.3) is 0 Å². The number of hydrogen-bond acceptors (Lipinski definition) is 3. The third kappa shape index (κ3) is 2.01. The number of hydrogen-bond donors (Lipinski definition) is 1. The summed E-state index contributed by atoms with van der Waals surface area (Å²) in [5.74, 6) is -0.352.